The minimum atomic E-state index is -0.720. The maximum absolute atomic E-state index is 15.2. The largest absolute Gasteiger partial charge is 0.462 e. The van der Waals surface area contributed by atoms with E-state index in [4.69, 9.17) is 10.5 Å². The van der Waals surface area contributed by atoms with E-state index < -0.39 is 17.2 Å². The molecule has 1 saturated carbocycles. The lowest BCUT2D eigenvalue weighted by atomic mass is 9.96. The second-order valence-electron chi connectivity index (χ2n) is 7.25. The maximum atomic E-state index is 15.2. The number of nitriles is 1. The van der Waals surface area contributed by atoms with Gasteiger partial charge in [0.15, 0.2) is 0 Å². The maximum Gasteiger partial charge on any atom is 0.343 e. The lowest BCUT2D eigenvalue weighted by Crippen LogP contribution is -2.21. The molecule has 30 heavy (non-hydrogen) atoms. The number of hydrogen-bond donors (Lipinski definition) is 1. The number of nitrogen functional groups attached to an aromatic ring is 1. The fourth-order valence-electron chi connectivity index (χ4n) is 3.73. The number of rotatable bonds is 4. The van der Waals surface area contributed by atoms with Gasteiger partial charge in [-0.25, -0.2) is 14.2 Å². The van der Waals surface area contributed by atoms with Crippen LogP contribution in [0, 0.1) is 24.1 Å². The average molecular weight is 406 g/mol. The molecule has 8 heteroatoms. The molecule has 1 aromatic carbocycles. The van der Waals surface area contributed by atoms with Crippen LogP contribution in [-0.4, -0.2) is 22.1 Å². The molecule has 0 amide bonds. The number of nitrogens with two attached hydrogens (primary N) is 1. The Bertz CT molecular complexity index is 1300. The number of nitrogens with zero attached hydrogens (tertiary/aromatic N) is 3. The van der Waals surface area contributed by atoms with Crippen molar-refractivity contribution in [1.82, 2.24) is 9.55 Å². The predicted molar refractivity (Wildman–Crippen MR) is 109 cm³/mol. The molecule has 1 aliphatic rings. The van der Waals surface area contributed by atoms with Crippen LogP contribution < -0.4 is 11.2 Å². The van der Waals surface area contributed by atoms with Crippen LogP contribution in [0.25, 0.3) is 22.0 Å². The first-order chi connectivity index (χ1) is 14.4. The Hall–Kier alpha value is -3.73. The molecule has 0 atom stereocenters. The van der Waals surface area contributed by atoms with Crippen molar-refractivity contribution in [2.24, 2.45) is 0 Å². The van der Waals surface area contributed by atoms with Crippen LogP contribution in [-0.2, 0) is 4.74 Å². The Morgan fingerprint density at radius 3 is 2.80 bits per heavy atom. The van der Waals surface area contributed by atoms with Gasteiger partial charge in [0, 0.05) is 34.9 Å². The Labute approximate surface area is 171 Å². The number of aromatic nitrogens is 2. The highest BCUT2D eigenvalue weighted by molar-refractivity contribution is 5.96. The number of aryl methyl sites for hydroxylation is 1. The summed E-state index contributed by atoms with van der Waals surface area (Å²) in [6.45, 7) is 3.51. The summed E-state index contributed by atoms with van der Waals surface area (Å²) >= 11 is 0. The first-order valence-corrected chi connectivity index (χ1v) is 9.58. The molecule has 2 N–H and O–H groups in total. The predicted octanol–water partition coefficient (Wildman–Crippen LogP) is 3.48. The van der Waals surface area contributed by atoms with Crippen LogP contribution in [0.2, 0.25) is 0 Å². The minimum absolute atomic E-state index is 0.0640. The van der Waals surface area contributed by atoms with Gasteiger partial charge in [0.2, 0.25) is 5.43 Å². The molecule has 0 bridgehead atoms. The van der Waals surface area contributed by atoms with Gasteiger partial charge in [-0.15, -0.1) is 0 Å². The summed E-state index contributed by atoms with van der Waals surface area (Å²) in [6, 6.07) is 4.69. The highest BCUT2D eigenvalue weighted by Gasteiger charge is 2.29. The van der Waals surface area contributed by atoms with Crippen LogP contribution in [0.5, 0.6) is 0 Å². The molecule has 7 nitrogen and oxygen atoms in total. The Kier molecular flexibility index (Phi) is 4.74. The van der Waals surface area contributed by atoms with E-state index >= 15 is 4.39 Å². The molecule has 0 radical (unpaired) electrons. The zero-order chi connectivity index (χ0) is 21.6. The number of halogens is 1. The normalized spacial score (nSPS) is 13.3. The van der Waals surface area contributed by atoms with Gasteiger partial charge in [0.05, 0.1) is 17.7 Å². The molecule has 4 rings (SSSR count). The number of ether oxygens (including phenoxy) is 1. The summed E-state index contributed by atoms with van der Waals surface area (Å²) in [4.78, 5) is 29.3. The average Bonchev–Trinajstić information content (AvgIpc) is 3.55. The Morgan fingerprint density at radius 1 is 1.43 bits per heavy atom. The third kappa shape index (κ3) is 3.08. The molecule has 1 aliphatic carbocycles. The topological polar surface area (TPSA) is 111 Å². The second kappa shape index (κ2) is 7.26. The number of anilines is 1. The second-order valence-corrected chi connectivity index (χ2v) is 7.25. The lowest BCUT2D eigenvalue weighted by Gasteiger charge is -2.18. The van der Waals surface area contributed by atoms with Crippen molar-refractivity contribution in [2.75, 3.05) is 12.3 Å². The van der Waals surface area contributed by atoms with Crippen LogP contribution in [0.15, 0.2) is 29.3 Å². The van der Waals surface area contributed by atoms with Crippen molar-refractivity contribution in [3.8, 4) is 17.2 Å². The van der Waals surface area contributed by atoms with Crippen molar-refractivity contribution in [1.29, 1.82) is 5.26 Å². The summed E-state index contributed by atoms with van der Waals surface area (Å²) in [5.74, 6) is -1.30. The molecule has 0 spiro atoms. The number of pyridine rings is 2. The molecule has 152 valence electrons. The number of hydrogen-bond acceptors (Lipinski definition) is 6. The van der Waals surface area contributed by atoms with Crippen LogP contribution >= 0.6 is 0 Å². The van der Waals surface area contributed by atoms with Gasteiger partial charge in [-0.1, -0.05) is 0 Å². The third-order valence-electron chi connectivity index (χ3n) is 5.27. The van der Waals surface area contributed by atoms with E-state index in [0.29, 0.717) is 16.6 Å². The quantitative estimate of drug-likeness (QED) is 0.664. The van der Waals surface area contributed by atoms with E-state index in [2.05, 4.69) is 4.98 Å². The highest BCUT2D eigenvalue weighted by Crippen LogP contribution is 2.40. The smallest absolute Gasteiger partial charge is 0.343 e. The number of carbonyl (C=O) groups is 1. The van der Waals surface area contributed by atoms with Crippen molar-refractivity contribution in [2.45, 2.75) is 32.7 Å². The van der Waals surface area contributed by atoms with Gasteiger partial charge >= 0.3 is 5.97 Å². The summed E-state index contributed by atoms with van der Waals surface area (Å²) in [6.07, 6.45) is 4.71. The van der Waals surface area contributed by atoms with Gasteiger partial charge < -0.3 is 15.0 Å². The fraction of sp³-hybridized carbons (Fsp3) is 0.273. The Balaban J connectivity index is 2.04. The van der Waals surface area contributed by atoms with E-state index in [1.807, 2.05) is 10.6 Å². The van der Waals surface area contributed by atoms with Crippen LogP contribution in [0.4, 0.5) is 10.2 Å². The first kappa shape index (κ1) is 19.6. The number of esters is 1. The molecule has 2 aromatic heterocycles. The number of benzene rings is 1. The molecule has 0 aliphatic heterocycles. The van der Waals surface area contributed by atoms with Gasteiger partial charge in [-0.05, 0) is 44.4 Å². The molecular formula is C22H19FN4O3. The van der Waals surface area contributed by atoms with E-state index in [1.165, 1.54) is 18.5 Å². The first-order valence-electron chi connectivity index (χ1n) is 9.58. The molecule has 2 heterocycles. The van der Waals surface area contributed by atoms with E-state index in [1.54, 1.807) is 13.8 Å². The van der Waals surface area contributed by atoms with E-state index in [-0.39, 0.29) is 40.5 Å². The summed E-state index contributed by atoms with van der Waals surface area (Å²) < 4.78 is 22.1. The monoisotopic (exact) mass is 406 g/mol. The zero-order valence-electron chi connectivity index (χ0n) is 16.5. The van der Waals surface area contributed by atoms with Crippen LogP contribution in [0.3, 0.4) is 0 Å². The Morgan fingerprint density at radius 2 is 2.17 bits per heavy atom. The van der Waals surface area contributed by atoms with Gasteiger partial charge in [0.1, 0.15) is 23.3 Å². The highest BCUT2D eigenvalue weighted by atomic mass is 19.1. The number of carbonyl (C=O) groups excluding carboxylic acids is 1. The molecule has 0 unspecified atom stereocenters. The van der Waals surface area contributed by atoms with Crippen LogP contribution in [0.1, 0.15) is 47.3 Å². The van der Waals surface area contributed by atoms with Gasteiger partial charge in [-0.3, -0.25) is 4.79 Å². The SMILES string of the molecule is CCOC(=O)c1cn(C2CC2)c2c(C)c(-c3cnc(N)c(C#N)c3)c(F)cc2c1=O. The van der Waals surface area contributed by atoms with E-state index in [0.717, 1.165) is 18.9 Å². The fourth-order valence-corrected chi connectivity index (χ4v) is 3.73. The van der Waals surface area contributed by atoms with Crippen molar-refractivity contribution >= 4 is 22.7 Å². The molecule has 0 saturated heterocycles. The van der Waals surface area contributed by atoms with Gasteiger partial charge in [0.25, 0.3) is 0 Å². The van der Waals surface area contributed by atoms with Crippen molar-refractivity contribution < 1.29 is 13.9 Å². The molecule has 3 aromatic rings. The summed E-state index contributed by atoms with van der Waals surface area (Å²) in [5.41, 5.74) is 6.87. The molecule has 1 fully saturated rings. The standard InChI is InChI=1S/C22H19FN4O3/c1-3-30-22(29)16-10-27(14-4-5-14)19-11(2)18(17(23)7-15(19)20(16)28)13-6-12(8-24)21(25)26-9-13/h6-7,9-10,14H,3-5H2,1-2H3,(H2,25,26). The van der Waals surface area contributed by atoms with E-state index in [9.17, 15) is 14.9 Å². The van der Waals surface area contributed by atoms with Crippen molar-refractivity contribution in [3.63, 3.8) is 0 Å². The summed E-state index contributed by atoms with van der Waals surface area (Å²) in [7, 11) is 0. The lowest BCUT2D eigenvalue weighted by molar-refractivity contribution is 0.0524. The third-order valence-corrected chi connectivity index (χ3v) is 5.27. The zero-order valence-corrected chi connectivity index (χ0v) is 16.5. The minimum Gasteiger partial charge on any atom is -0.462 e. The van der Waals surface area contributed by atoms with Crippen molar-refractivity contribution in [3.05, 3.63) is 57.3 Å². The number of fused-ring (bicyclic) bond motifs is 1. The molecular weight excluding hydrogens is 387 g/mol. The summed E-state index contributed by atoms with van der Waals surface area (Å²) in [5, 5.41) is 9.36. The van der Waals surface area contributed by atoms with Gasteiger partial charge in [-0.2, -0.15) is 5.26 Å².